The highest BCUT2D eigenvalue weighted by Crippen LogP contribution is 2.40. The third-order valence-electron chi connectivity index (χ3n) is 3.00. The van der Waals surface area contributed by atoms with E-state index in [1.807, 2.05) is 18.7 Å². The zero-order chi connectivity index (χ0) is 13.3. The molecule has 0 aromatic carbocycles. The number of rotatable bonds is 2. The molecule has 4 nitrogen and oxygen atoms in total. The van der Waals surface area contributed by atoms with Crippen LogP contribution in [0.4, 0.5) is 0 Å². The van der Waals surface area contributed by atoms with Crippen LogP contribution in [-0.2, 0) is 4.74 Å². The molecular formula is C12H16BrNO3S. The number of hydrogen-bond donors (Lipinski definition) is 0. The first-order valence-corrected chi connectivity index (χ1v) is 7.38. The molecule has 1 aliphatic heterocycles. The standard InChI is InChI=1S/C12H16BrNO3S/c1-7-6-17-5-4-14(7)12(15)11-10(16-3)9(13)8(2)18-11/h7H,4-6H2,1-3H3. The van der Waals surface area contributed by atoms with Crippen LogP contribution in [0.15, 0.2) is 4.47 Å². The van der Waals surface area contributed by atoms with E-state index < -0.39 is 0 Å². The van der Waals surface area contributed by atoms with E-state index in [9.17, 15) is 4.79 Å². The molecule has 1 aromatic rings. The predicted octanol–water partition coefficient (Wildman–Crippen LogP) is 2.69. The Balaban J connectivity index is 2.30. The van der Waals surface area contributed by atoms with Crippen molar-refractivity contribution in [3.63, 3.8) is 0 Å². The molecular weight excluding hydrogens is 318 g/mol. The second-order valence-electron chi connectivity index (χ2n) is 4.26. The lowest BCUT2D eigenvalue weighted by Crippen LogP contribution is -2.46. The molecule has 1 unspecified atom stereocenters. The first-order valence-electron chi connectivity index (χ1n) is 5.77. The number of nitrogens with zero attached hydrogens (tertiary/aromatic N) is 1. The molecule has 18 heavy (non-hydrogen) atoms. The van der Waals surface area contributed by atoms with Gasteiger partial charge in [0.25, 0.3) is 5.91 Å². The van der Waals surface area contributed by atoms with Gasteiger partial charge in [0, 0.05) is 11.4 Å². The van der Waals surface area contributed by atoms with Gasteiger partial charge >= 0.3 is 0 Å². The van der Waals surface area contributed by atoms with Gasteiger partial charge in [-0.2, -0.15) is 0 Å². The number of carbonyl (C=O) groups is 1. The van der Waals surface area contributed by atoms with Crippen LogP contribution in [0.3, 0.4) is 0 Å². The lowest BCUT2D eigenvalue weighted by atomic mass is 10.2. The fraction of sp³-hybridized carbons (Fsp3) is 0.583. The lowest BCUT2D eigenvalue weighted by Gasteiger charge is -2.33. The minimum absolute atomic E-state index is 0.0291. The summed E-state index contributed by atoms with van der Waals surface area (Å²) in [7, 11) is 1.59. The molecule has 1 aromatic heterocycles. The van der Waals surface area contributed by atoms with Crippen molar-refractivity contribution in [2.24, 2.45) is 0 Å². The van der Waals surface area contributed by atoms with Gasteiger partial charge in [0.1, 0.15) is 4.88 Å². The summed E-state index contributed by atoms with van der Waals surface area (Å²) in [5.41, 5.74) is 0. The molecule has 0 spiro atoms. The summed E-state index contributed by atoms with van der Waals surface area (Å²) >= 11 is 4.92. The number of amides is 1. The maximum absolute atomic E-state index is 12.5. The van der Waals surface area contributed by atoms with E-state index in [4.69, 9.17) is 9.47 Å². The third kappa shape index (κ3) is 2.41. The van der Waals surface area contributed by atoms with Crippen LogP contribution in [0.2, 0.25) is 0 Å². The molecule has 0 aliphatic carbocycles. The quantitative estimate of drug-likeness (QED) is 0.835. The summed E-state index contributed by atoms with van der Waals surface area (Å²) in [6.45, 7) is 5.80. The monoisotopic (exact) mass is 333 g/mol. The number of ether oxygens (including phenoxy) is 2. The van der Waals surface area contributed by atoms with Crippen molar-refractivity contribution >= 4 is 33.2 Å². The summed E-state index contributed by atoms with van der Waals surface area (Å²) in [6.07, 6.45) is 0. The van der Waals surface area contributed by atoms with Crippen LogP contribution < -0.4 is 4.74 Å². The fourth-order valence-electron chi connectivity index (χ4n) is 1.99. The van der Waals surface area contributed by atoms with Crippen LogP contribution in [0.1, 0.15) is 21.5 Å². The van der Waals surface area contributed by atoms with Gasteiger partial charge in [-0.3, -0.25) is 4.79 Å². The zero-order valence-corrected chi connectivity index (χ0v) is 13.1. The van der Waals surface area contributed by atoms with Crippen molar-refractivity contribution in [2.75, 3.05) is 26.9 Å². The largest absolute Gasteiger partial charge is 0.494 e. The summed E-state index contributed by atoms with van der Waals surface area (Å²) in [6, 6.07) is 0.108. The second-order valence-corrected chi connectivity index (χ2v) is 6.27. The van der Waals surface area contributed by atoms with Gasteiger partial charge in [0.15, 0.2) is 5.75 Å². The average molecular weight is 334 g/mol. The van der Waals surface area contributed by atoms with E-state index in [1.54, 1.807) is 7.11 Å². The second kappa shape index (κ2) is 5.59. The Morgan fingerprint density at radius 1 is 1.61 bits per heavy atom. The van der Waals surface area contributed by atoms with Crippen molar-refractivity contribution in [3.8, 4) is 5.75 Å². The SMILES string of the molecule is COc1c(C(=O)N2CCOCC2C)sc(C)c1Br. The number of methoxy groups -OCH3 is 1. The smallest absolute Gasteiger partial charge is 0.268 e. The predicted molar refractivity (Wildman–Crippen MR) is 74.6 cm³/mol. The van der Waals surface area contributed by atoms with Crippen LogP contribution >= 0.6 is 27.3 Å². The van der Waals surface area contributed by atoms with Gasteiger partial charge in [-0.1, -0.05) is 0 Å². The van der Waals surface area contributed by atoms with Crippen molar-refractivity contribution < 1.29 is 14.3 Å². The molecule has 2 rings (SSSR count). The fourth-order valence-corrected chi connectivity index (χ4v) is 3.69. The van der Waals surface area contributed by atoms with Crippen LogP contribution in [-0.4, -0.2) is 43.7 Å². The molecule has 6 heteroatoms. The number of morpholine rings is 1. The highest BCUT2D eigenvalue weighted by atomic mass is 79.9. The number of halogens is 1. The molecule has 0 radical (unpaired) electrons. The van der Waals surface area contributed by atoms with Crippen LogP contribution in [0.5, 0.6) is 5.75 Å². The van der Waals surface area contributed by atoms with E-state index in [0.29, 0.717) is 30.4 Å². The van der Waals surface area contributed by atoms with Gasteiger partial charge in [0.2, 0.25) is 0 Å². The van der Waals surface area contributed by atoms with Gasteiger partial charge in [-0.15, -0.1) is 11.3 Å². The van der Waals surface area contributed by atoms with Crippen LogP contribution in [0, 0.1) is 6.92 Å². The molecule has 1 saturated heterocycles. The van der Waals surface area contributed by atoms with E-state index in [-0.39, 0.29) is 11.9 Å². The summed E-state index contributed by atoms with van der Waals surface area (Å²) in [5, 5.41) is 0. The lowest BCUT2D eigenvalue weighted by molar-refractivity contribution is 0.00373. The Morgan fingerprint density at radius 3 is 2.94 bits per heavy atom. The molecule has 1 fully saturated rings. The van der Waals surface area contributed by atoms with Crippen molar-refractivity contribution in [3.05, 3.63) is 14.2 Å². The van der Waals surface area contributed by atoms with E-state index in [2.05, 4.69) is 15.9 Å². The zero-order valence-electron chi connectivity index (χ0n) is 10.7. The molecule has 1 amide bonds. The van der Waals surface area contributed by atoms with Gasteiger partial charge in [-0.25, -0.2) is 0 Å². The Morgan fingerprint density at radius 2 is 2.33 bits per heavy atom. The average Bonchev–Trinajstić information content (AvgIpc) is 2.65. The molecule has 100 valence electrons. The van der Waals surface area contributed by atoms with Gasteiger partial charge in [-0.05, 0) is 29.8 Å². The van der Waals surface area contributed by atoms with Crippen molar-refractivity contribution in [1.82, 2.24) is 4.90 Å². The first-order chi connectivity index (χ1) is 8.56. The Labute approximate surface area is 119 Å². The third-order valence-corrected chi connectivity index (χ3v) is 5.29. The molecule has 1 atom stereocenters. The highest BCUT2D eigenvalue weighted by molar-refractivity contribution is 9.10. The van der Waals surface area contributed by atoms with Crippen molar-refractivity contribution in [2.45, 2.75) is 19.9 Å². The number of thiophene rings is 1. The topological polar surface area (TPSA) is 38.8 Å². The maximum Gasteiger partial charge on any atom is 0.268 e. The Kier molecular flexibility index (Phi) is 4.29. The summed E-state index contributed by atoms with van der Waals surface area (Å²) in [4.78, 5) is 16.1. The Hall–Kier alpha value is -0.590. The normalized spacial score (nSPS) is 20.0. The number of carbonyl (C=O) groups excluding carboxylic acids is 1. The summed E-state index contributed by atoms with van der Waals surface area (Å²) in [5.74, 6) is 0.669. The van der Waals surface area contributed by atoms with E-state index in [1.165, 1.54) is 11.3 Å². The molecule has 1 aliphatic rings. The molecule has 2 heterocycles. The first kappa shape index (κ1) is 13.8. The highest BCUT2D eigenvalue weighted by Gasteiger charge is 2.29. The minimum atomic E-state index is 0.0291. The summed E-state index contributed by atoms with van der Waals surface area (Å²) < 4.78 is 11.6. The number of hydrogen-bond acceptors (Lipinski definition) is 4. The van der Waals surface area contributed by atoms with Crippen LogP contribution in [0.25, 0.3) is 0 Å². The Bertz CT molecular complexity index is 460. The minimum Gasteiger partial charge on any atom is -0.494 e. The van der Waals surface area contributed by atoms with Gasteiger partial charge in [0.05, 0.1) is 30.8 Å². The van der Waals surface area contributed by atoms with Gasteiger partial charge < -0.3 is 14.4 Å². The van der Waals surface area contributed by atoms with E-state index in [0.717, 1.165) is 9.35 Å². The number of aryl methyl sites for hydroxylation is 1. The molecule has 0 N–H and O–H groups in total. The molecule has 0 bridgehead atoms. The van der Waals surface area contributed by atoms with E-state index >= 15 is 0 Å². The molecule has 0 saturated carbocycles. The maximum atomic E-state index is 12.5. The van der Waals surface area contributed by atoms with Crippen molar-refractivity contribution in [1.29, 1.82) is 0 Å².